The van der Waals surface area contributed by atoms with E-state index >= 15 is 0 Å². The third kappa shape index (κ3) is 4.11. The van der Waals surface area contributed by atoms with Crippen LogP contribution in [0.1, 0.15) is 28.0 Å². The van der Waals surface area contributed by atoms with E-state index in [-0.39, 0.29) is 5.91 Å². The first-order valence-electron chi connectivity index (χ1n) is 10.7. The Kier molecular flexibility index (Phi) is 5.30. The zero-order chi connectivity index (χ0) is 21.2. The molecule has 158 valence electrons. The number of anilines is 2. The molecule has 1 aromatic heterocycles. The van der Waals surface area contributed by atoms with Gasteiger partial charge in [-0.1, -0.05) is 11.6 Å². The highest BCUT2D eigenvalue weighted by atomic mass is 16.5. The molecule has 31 heavy (non-hydrogen) atoms. The molecule has 1 N–H and O–H groups in total. The fourth-order valence-electron chi connectivity index (χ4n) is 4.03. The second-order valence-electron chi connectivity index (χ2n) is 7.88. The van der Waals surface area contributed by atoms with Crippen LogP contribution in [0.2, 0.25) is 0 Å². The number of nitrogens with one attached hydrogen (secondary N) is 1. The predicted octanol–water partition coefficient (Wildman–Crippen LogP) is 4.39. The molecule has 1 saturated heterocycles. The summed E-state index contributed by atoms with van der Waals surface area (Å²) in [7, 11) is 0. The molecular weight excluding hydrogens is 390 g/mol. The van der Waals surface area contributed by atoms with Gasteiger partial charge in [0.2, 0.25) is 0 Å². The lowest BCUT2D eigenvalue weighted by Gasteiger charge is -2.28. The number of carbonyl (C=O) groups excluding carboxylic acids is 1. The zero-order valence-electron chi connectivity index (χ0n) is 17.6. The lowest BCUT2D eigenvalue weighted by molar-refractivity contribution is 0.102. The topological polar surface area (TPSA) is 63.7 Å². The van der Waals surface area contributed by atoms with E-state index in [1.807, 2.05) is 61.5 Å². The van der Waals surface area contributed by atoms with Crippen LogP contribution in [0.5, 0.6) is 0 Å². The van der Waals surface area contributed by atoms with Crippen LogP contribution in [0.25, 0.3) is 16.7 Å². The molecule has 5 rings (SSSR count). The van der Waals surface area contributed by atoms with E-state index in [1.54, 1.807) is 0 Å². The summed E-state index contributed by atoms with van der Waals surface area (Å²) in [6.07, 6.45) is 2.88. The average Bonchev–Trinajstić information content (AvgIpc) is 3.34. The third-order valence-electron chi connectivity index (χ3n) is 5.67. The van der Waals surface area contributed by atoms with Crippen LogP contribution < -0.4 is 10.2 Å². The number of fused-ring (bicyclic) bond motifs is 1. The summed E-state index contributed by atoms with van der Waals surface area (Å²) >= 11 is 0. The van der Waals surface area contributed by atoms with Gasteiger partial charge >= 0.3 is 0 Å². The van der Waals surface area contributed by atoms with Gasteiger partial charge in [-0.3, -0.25) is 4.79 Å². The summed E-state index contributed by atoms with van der Waals surface area (Å²) in [5.74, 6) is 0.586. The molecule has 1 amide bonds. The van der Waals surface area contributed by atoms with E-state index in [2.05, 4.69) is 10.2 Å². The van der Waals surface area contributed by atoms with Crippen LogP contribution in [0, 0.1) is 6.92 Å². The minimum Gasteiger partial charge on any atom is -0.491 e. The number of aryl methyl sites for hydroxylation is 1. The van der Waals surface area contributed by atoms with Crippen molar-refractivity contribution >= 4 is 33.9 Å². The molecule has 1 fully saturated rings. The Labute approximate surface area is 181 Å². The number of amides is 1. The van der Waals surface area contributed by atoms with Crippen molar-refractivity contribution in [1.82, 2.24) is 4.98 Å². The standard InChI is InChI=1S/C25H25N3O3/c1-17-4-9-22-20(15-17)21(16-23(27-22)24-3-2-12-31-24)25(29)26-18-5-7-19(8-6-18)28-10-13-30-14-11-28/h3-9,15-16H,2,10-14H2,1H3,(H,26,29). The molecule has 0 spiro atoms. The molecule has 0 atom stereocenters. The molecule has 3 heterocycles. The summed E-state index contributed by atoms with van der Waals surface area (Å²) in [5, 5.41) is 3.89. The minimum absolute atomic E-state index is 0.156. The van der Waals surface area contributed by atoms with Crippen LogP contribution >= 0.6 is 0 Å². The van der Waals surface area contributed by atoms with Crippen LogP contribution in [-0.4, -0.2) is 43.8 Å². The lowest BCUT2D eigenvalue weighted by atomic mass is 10.0. The van der Waals surface area contributed by atoms with E-state index in [9.17, 15) is 4.79 Å². The normalized spacial score (nSPS) is 16.2. The van der Waals surface area contributed by atoms with Crippen LogP contribution in [0.3, 0.4) is 0 Å². The Morgan fingerprint density at radius 3 is 2.58 bits per heavy atom. The van der Waals surface area contributed by atoms with Crippen molar-refractivity contribution < 1.29 is 14.3 Å². The number of aromatic nitrogens is 1. The Morgan fingerprint density at radius 1 is 1.03 bits per heavy atom. The smallest absolute Gasteiger partial charge is 0.256 e. The van der Waals surface area contributed by atoms with E-state index < -0.39 is 0 Å². The van der Waals surface area contributed by atoms with Gasteiger partial charge < -0.3 is 19.7 Å². The van der Waals surface area contributed by atoms with E-state index in [4.69, 9.17) is 14.5 Å². The predicted molar refractivity (Wildman–Crippen MR) is 122 cm³/mol. The van der Waals surface area contributed by atoms with Gasteiger partial charge in [-0.15, -0.1) is 0 Å². The first-order valence-corrected chi connectivity index (χ1v) is 10.7. The van der Waals surface area contributed by atoms with Crippen molar-refractivity contribution in [3.05, 3.63) is 71.4 Å². The van der Waals surface area contributed by atoms with Crippen LogP contribution in [-0.2, 0) is 9.47 Å². The number of rotatable bonds is 4. The average molecular weight is 415 g/mol. The van der Waals surface area contributed by atoms with Gasteiger partial charge in [-0.25, -0.2) is 4.98 Å². The van der Waals surface area contributed by atoms with Crippen LogP contribution in [0.15, 0.2) is 54.6 Å². The fourth-order valence-corrected chi connectivity index (χ4v) is 4.03. The van der Waals surface area contributed by atoms with Gasteiger partial charge in [-0.2, -0.15) is 0 Å². The van der Waals surface area contributed by atoms with E-state index in [0.29, 0.717) is 17.9 Å². The second-order valence-corrected chi connectivity index (χ2v) is 7.88. The molecule has 2 aliphatic heterocycles. The highest BCUT2D eigenvalue weighted by Gasteiger charge is 2.18. The highest BCUT2D eigenvalue weighted by Crippen LogP contribution is 2.27. The maximum absolute atomic E-state index is 13.3. The monoisotopic (exact) mass is 415 g/mol. The molecule has 2 aliphatic rings. The second kappa shape index (κ2) is 8.40. The SMILES string of the molecule is Cc1ccc2nc(C3=CCCO3)cc(C(=O)Nc3ccc(N4CCOCC4)cc3)c2c1. The Morgan fingerprint density at radius 2 is 1.84 bits per heavy atom. The van der Waals surface area contributed by atoms with Gasteiger partial charge in [0.1, 0.15) is 11.5 Å². The summed E-state index contributed by atoms with van der Waals surface area (Å²) < 4.78 is 11.1. The summed E-state index contributed by atoms with van der Waals surface area (Å²) in [4.78, 5) is 20.3. The van der Waals surface area contributed by atoms with Gasteiger partial charge in [0.05, 0.1) is 30.9 Å². The molecule has 0 saturated carbocycles. The van der Waals surface area contributed by atoms with Crippen LogP contribution in [0.4, 0.5) is 11.4 Å². The summed E-state index contributed by atoms with van der Waals surface area (Å²) in [6, 6.07) is 15.8. The summed E-state index contributed by atoms with van der Waals surface area (Å²) in [5.41, 5.74) is 5.06. The van der Waals surface area contributed by atoms with E-state index in [1.165, 1.54) is 0 Å². The first-order chi connectivity index (χ1) is 15.2. The number of pyridine rings is 1. The molecule has 0 aliphatic carbocycles. The number of nitrogens with zero attached hydrogens (tertiary/aromatic N) is 2. The maximum Gasteiger partial charge on any atom is 0.256 e. The van der Waals surface area contributed by atoms with Crippen molar-refractivity contribution in [3.8, 4) is 0 Å². The quantitative estimate of drug-likeness (QED) is 0.685. The number of morpholine rings is 1. The van der Waals surface area contributed by atoms with Crippen molar-refractivity contribution in [2.45, 2.75) is 13.3 Å². The number of carbonyl (C=O) groups is 1. The third-order valence-corrected chi connectivity index (χ3v) is 5.67. The number of benzene rings is 2. The first kappa shape index (κ1) is 19.6. The minimum atomic E-state index is -0.156. The van der Waals surface area contributed by atoms with Crippen molar-refractivity contribution in [2.75, 3.05) is 43.1 Å². The molecule has 0 unspecified atom stereocenters. The number of hydrogen-bond acceptors (Lipinski definition) is 5. The molecule has 0 radical (unpaired) electrons. The van der Waals surface area contributed by atoms with E-state index in [0.717, 1.165) is 66.3 Å². The fraction of sp³-hybridized carbons (Fsp3) is 0.280. The number of ether oxygens (including phenoxy) is 2. The Balaban J connectivity index is 1.44. The van der Waals surface area contributed by atoms with Gasteiger partial charge in [0.15, 0.2) is 0 Å². The van der Waals surface area contributed by atoms with Gasteiger partial charge in [-0.05, 0) is 55.5 Å². The summed E-state index contributed by atoms with van der Waals surface area (Å²) in [6.45, 7) is 5.93. The molecule has 3 aromatic rings. The van der Waals surface area contributed by atoms with Crippen molar-refractivity contribution in [3.63, 3.8) is 0 Å². The zero-order valence-corrected chi connectivity index (χ0v) is 17.6. The van der Waals surface area contributed by atoms with Crippen molar-refractivity contribution in [1.29, 1.82) is 0 Å². The molecule has 6 heteroatoms. The van der Waals surface area contributed by atoms with Crippen molar-refractivity contribution in [2.24, 2.45) is 0 Å². The molecule has 2 aromatic carbocycles. The molecular formula is C25H25N3O3. The Bertz CT molecular complexity index is 1150. The Hall–Kier alpha value is -3.38. The molecule has 0 bridgehead atoms. The maximum atomic E-state index is 13.3. The largest absolute Gasteiger partial charge is 0.491 e. The molecule has 6 nitrogen and oxygen atoms in total. The van der Waals surface area contributed by atoms with Gasteiger partial charge in [0, 0.05) is 36.3 Å². The number of hydrogen-bond donors (Lipinski definition) is 1. The van der Waals surface area contributed by atoms with Gasteiger partial charge in [0.25, 0.3) is 5.91 Å². The lowest BCUT2D eigenvalue weighted by Crippen LogP contribution is -2.36. The highest BCUT2D eigenvalue weighted by molar-refractivity contribution is 6.13.